The van der Waals surface area contributed by atoms with Crippen LogP contribution >= 0.6 is 0 Å². The van der Waals surface area contributed by atoms with Gasteiger partial charge in [-0.15, -0.1) is 0 Å². The van der Waals surface area contributed by atoms with Crippen LogP contribution in [0, 0.1) is 0 Å². The molecule has 20 heavy (non-hydrogen) atoms. The first-order valence-electron chi connectivity index (χ1n) is 6.57. The zero-order chi connectivity index (χ0) is 15.3. The van der Waals surface area contributed by atoms with E-state index in [1.54, 1.807) is 11.9 Å². The number of benzene rings is 1. The standard InChI is InChI=1S/C15H23N3O2/c1-11(19)18(4)10-12-6-5-7-13(8-12)17-14(20)9-15(2,3)16/h5-8H,9-10,16H2,1-4H3,(H,17,20). The first kappa shape index (κ1) is 16.2. The number of nitrogens with zero attached hydrogens (tertiary/aromatic N) is 1. The lowest BCUT2D eigenvalue weighted by molar-refractivity contribution is -0.128. The van der Waals surface area contributed by atoms with Gasteiger partial charge in [0.25, 0.3) is 0 Å². The first-order chi connectivity index (χ1) is 9.17. The topological polar surface area (TPSA) is 75.4 Å². The van der Waals surface area contributed by atoms with Gasteiger partial charge in [-0.1, -0.05) is 12.1 Å². The lowest BCUT2D eigenvalue weighted by Gasteiger charge is -2.18. The molecular weight excluding hydrogens is 254 g/mol. The summed E-state index contributed by atoms with van der Waals surface area (Å²) in [5, 5.41) is 2.82. The van der Waals surface area contributed by atoms with Gasteiger partial charge in [0.1, 0.15) is 0 Å². The normalized spacial score (nSPS) is 11.1. The Labute approximate surface area is 120 Å². The third kappa shape index (κ3) is 5.84. The SMILES string of the molecule is CC(=O)N(C)Cc1cccc(NC(=O)CC(C)(C)N)c1. The van der Waals surface area contributed by atoms with Crippen LogP contribution in [0.5, 0.6) is 0 Å². The third-order valence-electron chi connectivity index (χ3n) is 2.78. The molecular formula is C15H23N3O2. The van der Waals surface area contributed by atoms with Gasteiger partial charge in [0, 0.05) is 38.2 Å². The van der Waals surface area contributed by atoms with Crippen LogP contribution in [0.3, 0.4) is 0 Å². The molecule has 5 nitrogen and oxygen atoms in total. The Bertz CT molecular complexity index is 492. The maximum Gasteiger partial charge on any atom is 0.226 e. The molecule has 110 valence electrons. The predicted molar refractivity (Wildman–Crippen MR) is 80.1 cm³/mol. The second kappa shape index (κ2) is 6.52. The molecule has 0 spiro atoms. The van der Waals surface area contributed by atoms with Crippen LogP contribution in [-0.2, 0) is 16.1 Å². The van der Waals surface area contributed by atoms with E-state index in [-0.39, 0.29) is 18.2 Å². The molecule has 1 rings (SSSR count). The fraction of sp³-hybridized carbons (Fsp3) is 0.467. The molecule has 0 fully saturated rings. The van der Waals surface area contributed by atoms with Gasteiger partial charge in [-0.3, -0.25) is 9.59 Å². The molecule has 0 bridgehead atoms. The van der Waals surface area contributed by atoms with Crippen LogP contribution in [-0.4, -0.2) is 29.3 Å². The van der Waals surface area contributed by atoms with Gasteiger partial charge in [-0.25, -0.2) is 0 Å². The van der Waals surface area contributed by atoms with Crippen molar-refractivity contribution in [3.63, 3.8) is 0 Å². The van der Waals surface area contributed by atoms with Crippen molar-refractivity contribution in [2.45, 2.75) is 39.3 Å². The van der Waals surface area contributed by atoms with E-state index in [0.29, 0.717) is 12.2 Å². The molecule has 3 N–H and O–H groups in total. The number of nitrogens with two attached hydrogens (primary N) is 1. The lowest BCUT2D eigenvalue weighted by atomic mass is 10.0. The Kier molecular flexibility index (Phi) is 5.27. The Balaban J connectivity index is 2.69. The van der Waals surface area contributed by atoms with Crippen molar-refractivity contribution >= 4 is 17.5 Å². The molecule has 0 aliphatic carbocycles. The maximum absolute atomic E-state index is 11.8. The van der Waals surface area contributed by atoms with E-state index in [0.717, 1.165) is 5.56 Å². The van der Waals surface area contributed by atoms with E-state index in [1.165, 1.54) is 6.92 Å². The largest absolute Gasteiger partial charge is 0.342 e. The molecule has 0 heterocycles. The third-order valence-corrected chi connectivity index (χ3v) is 2.78. The van der Waals surface area contributed by atoms with Crippen molar-refractivity contribution in [2.24, 2.45) is 5.73 Å². The van der Waals surface area contributed by atoms with Gasteiger partial charge < -0.3 is 16.0 Å². The molecule has 2 amide bonds. The number of anilines is 1. The summed E-state index contributed by atoms with van der Waals surface area (Å²) in [6.07, 6.45) is 0.255. The minimum Gasteiger partial charge on any atom is -0.342 e. The van der Waals surface area contributed by atoms with E-state index in [4.69, 9.17) is 5.73 Å². The van der Waals surface area contributed by atoms with Crippen LogP contribution in [0.25, 0.3) is 0 Å². The molecule has 0 saturated heterocycles. The van der Waals surface area contributed by atoms with Crippen molar-refractivity contribution in [1.29, 1.82) is 0 Å². The number of amides is 2. The smallest absolute Gasteiger partial charge is 0.226 e. The van der Waals surface area contributed by atoms with Crippen molar-refractivity contribution < 1.29 is 9.59 Å². The molecule has 0 aliphatic heterocycles. The van der Waals surface area contributed by atoms with Gasteiger partial charge in [0.15, 0.2) is 0 Å². The highest BCUT2D eigenvalue weighted by Crippen LogP contribution is 2.14. The van der Waals surface area contributed by atoms with Crippen molar-refractivity contribution in [2.75, 3.05) is 12.4 Å². The predicted octanol–water partition coefficient (Wildman–Crippen LogP) is 1.73. The molecule has 0 aliphatic rings. The Morgan fingerprint density at radius 1 is 1.35 bits per heavy atom. The second-order valence-corrected chi connectivity index (χ2v) is 5.79. The quantitative estimate of drug-likeness (QED) is 0.860. The van der Waals surface area contributed by atoms with Gasteiger partial charge in [-0.05, 0) is 31.5 Å². The van der Waals surface area contributed by atoms with Crippen molar-refractivity contribution in [3.05, 3.63) is 29.8 Å². The number of rotatable bonds is 5. The Morgan fingerprint density at radius 3 is 2.55 bits per heavy atom. The average Bonchev–Trinajstić information content (AvgIpc) is 2.26. The second-order valence-electron chi connectivity index (χ2n) is 5.79. The van der Waals surface area contributed by atoms with Gasteiger partial charge in [0.05, 0.1) is 0 Å². The van der Waals surface area contributed by atoms with E-state index in [1.807, 2.05) is 38.1 Å². The first-order valence-corrected chi connectivity index (χ1v) is 6.57. The molecule has 1 aromatic rings. The molecule has 0 aromatic heterocycles. The summed E-state index contributed by atoms with van der Waals surface area (Å²) >= 11 is 0. The molecule has 0 radical (unpaired) electrons. The van der Waals surface area contributed by atoms with Gasteiger partial charge >= 0.3 is 0 Å². The Hall–Kier alpha value is -1.88. The fourth-order valence-corrected chi connectivity index (χ4v) is 1.75. The Morgan fingerprint density at radius 2 is 2.00 bits per heavy atom. The van der Waals surface area contributed by atoms with Crippen molar-refractivity contribution in [1.82, 2.24) is 4.90 Å². The summed E-state index contributed by atoms with van der Waals surface area (Å²) in [6, 6.07) is 7.45. The van der Waals surface area contributed by atoms with E-state index in [9.17, 15) is 9.59 Å². The molecule has 1 aromatic carbocycles. The number of carbonyl (C=O) groups excluding carboxylic acids is 2. The summed E-state index contributed by atoms with van der Waals surface area (Å²) in [5.74, 6) is -0.112. The zero-order valence-electron chi connectivity index (χ0n) is 12.6. The van der Waals surface area contributed by atoms with E-state index >= 15 is 0 Å². The van der Waals surface area contributed by atoms with Crippen LogP contribution in [0.15, 0.2) is 24.3 Å². The summed E-state index contributed by atoms with van der Waals surface area (Å²) in [5.41, 5.74) is 6.96. The number of carbonyl (C=O) groups is 2. The minimum absolute atomic E-state index is 0.00400. The minimum atomic E-state index is -0.531. The van der Waals surface area contributed by atoms with E-state index < -0.39 is 5.54 Å². The van der Waals surface area contributed by atoms with Crippen LogP contribution < -0.4 is 11.1 Å². The number of hydrogen-bond acceptors (Lipinski definition) is 3. The maximum atomic E-state index is 11.8. The van der Waals surface area contributed by atoms with E-state index in [2.05, 4.69) is 5.32 Å². The van der Waals surface area contributed by atoms with Crippen LogP contribution in [0.4, 0.5) is 5.69 Å². The molecule has 0 unspecified atom stereocenters. The van der Waals surface area contributed by atoms with Crippen molar-refractivity contribution in [3.8, 4) is 0 Å². The highest BCUT2D eigenvalue weighted by atomic mass is 16.2. The number of nitrogens with one attached hydrogen (secondary N) is 1. The summed E-state index contributed by atoms with van der Waals surface area (Å²) in [6.45, 7) is 5.66. The lowest BCUT2D eigenvalue weighted by Crippen LogP contribution is -2.36. The van der Waals surface area contributed by atoms with Crippen LogP contribution in [0.2, 0.25) is 0 Å². The summed E-state index contributed by atoms with van der Waals surface area (Å²) < 4.78 is 0. The number of hydrogen-bond donors (Lipinski definition) is 2. The fourth-order valence-electron chi connectivity index (χ4n) is 1.75. The van der Waals surface area contributed by atoms with Gasteiger partial charge in [0.2, 0.25) is 11.8 Å². The highest BCUT2D eigenvalue weighted by Gasteiger charge is 2.16. The van der Waals surface area contributed by atoms with Gasteiger partial charge in [-0.2, -0.15) is 0 Å². The zero-order valence-corrected chi connectivity index (χ0v) is 12.6. The molecule has 0 atom stereocenters. The molecule has 5 heteroatoms. The average molecular weight is 277 g/mol. The monoisotopic (exact) mass is 277 g/mol. The summed E-state index contributed by atoms with van der Waals surface area (Å²) in [7, 11) is 1.74. The molecule has 0 saturated carbocycles. The highest BCUT2D eigenvalue weighted by molar-refractivity contribution is 5.91. The summed E-state index contributed by atoms with van der Waals surface area (Å²) in [4.78, 5) is 24.6. The van der Waals surface area contributed by atoms with Crippen LogP contribution in [0.1, 0.15) is 32.8 Å².